The molecule has 2 nitrogen and oxygen atoms in total. The van der Waals surface area contributed by atoms with Gasteiger partial charge in [0.15, 0.2) is 0 Å². The summed E-state index contributed by atoms with van der Waals surface area (Å²) in [5, 5.41) is 10.5. The standard InChI is InChI=1S/C9H19IN2/c1-3-8(9(11)12-2)6-4-5-7-10/h8H,3-7H2,1-2H3,(H2,11,12). The summed E-state index contributed by atoms with van der Waals surface area (Å²) in [7, 11) is 1.84. The molecule has 2 N–H and O–H groups in total. The van der Waals surface area contributed by atoms with Gasteiger partial charge in [0.2, 0.25) is 0 Å². The summed E-state index contributed by atoms with van der Waals surface area (Å²) in [5.74, 6) is 1.16. The maximum atomic E-state index is 7.62. The molecule has 72 valence electrons. The highest BCUT2D eigenvalue weighted by Gasteiger charge is 2.09. The van der Waals surface area contributed by atoms with Crippen LogP contribution in [0.15, 0.2) is 0 Å². The highest BCUT2D eigenvalue weighted by Crippen LogP contribution is 2.13. The minimum absolute atomic E-state index is 0.456. The van der Waals surface area contributed by atoms with E-state index in [1.807, 2.05) is 7.05 Å². The van der Waals surface area contributed by atoms with E-state index in [1.54, 1.807) is 0 Å². The summed E-state index contributed by atoms with van der Waals surface area (Å²) < 4.78 is 1.24. The van der Waals surface area contributed by atoms with Crippen molar-refractivity contribution in [3.8, 4) is 0 Å². The Morgan fingerprint density at radius 2 is 2.17 bits per heavy atom. The molecule has 0 aromatic heterocycles. The Balaban J connectivity index is 3.60. The second-order valence-corrected chi connectivity index (χ2v) is 4.03. The second kappa shape index (κ2) is 7.83. The number of nitrogens with one attached hydrogen (secondary N) is 2. The molecule has 12 heavy (non-hydrogen) atoms. The highest BCUT2D eigenvalue weighted by atomic mass is 127. The molecule has 0 aromatic carbocycles. The van der Waals surface area contributed by atoms with Crippen molar-refractivity contribution in [3.05, 3.63) is 0 Å². The lowest BCUT2D eigenvalue weighted by molar-refractivity contribution is 0.558. The zero-order valence-corrected chi connectivity index (χ0v) is 10.1. The van der Waals surface area contributed by atoms with Crippen LogP contribution in [0.3, 0.4) is 0 Å². The fourth-order valence-electron chi connectivity index (χ4n) is 1.24. The zero-order valence-electron chi connectivity index (χ0n) is 7.99. The van der Waals surface area contributed by atoms with Crippen LogP contribution in [0.4, 0.5) is 0 Å². The molecular formula is C9H19IN2. The number of unbranched alkanes of at least 4 members (excludes halogenated alkanes) is 1. The first-order chi connectivity index (χ1) is 5.76. The highest BCUT2D eigenvalue weighted by molar-refractivity contribution is 14.1. The van der Waals surface area contributed by atoms with Crippen molar-refractivity contribution in [1.29, 1.82) is 5.41 Å². The van der Waals surface area contributed by atoms with Gasteiger partial charge in [-0.05, 0) is 23.7 Å². The number of amidine groups is 1. The average molecular weight is 282 g/mol. The lowest BCUT2D eigenvalue weighted by Crippen LogP contribution is -2.26. The molecule has 0 aliphatic rings. The van der Waals surface area contributed by atoms with Crippen LogP contribution < -0.4 is 5.32 Å². The monoisotopic (exact) mass is 282 g/mol. The minimum Gasteiger partial charge on any atom is -0.377 e. The molecule has 1 atom stereocenters. The number of hydrogen-bond acceptors (Lipinski definition) is 1. The van der Waals surface area contributed by atoms with Gasteiger partial charge in [-0.2, -0.15) is 0 Å². The number of alkyl halides is 1. The van der Waals surface area contributed by atoms with Crippen LogP contribution in [0.2, 0.25) is 0 Å². The Bertz CT molecular complexity index is 126. The molecule has 0 radical (unpaired) electrons. The van der Waals surface area contributed by atoms with Crippen LogP contribution in [0.25, 0.3) is 0 Å². The third-order valence-corrected chi connectivity index (χ3v) is 2.87. The van der Waals surface area contributed by atoms with Crippen LogP contribution >= 0.6 is 22.6 Å². The summed E-state index contributed by atoms with van der Waals surface area (Å²) in [6.45, 7) is 2.15. The Morgan fingerprint density at radius 3 is 2.58 bits per heavy atom. The molecule has 0 rings (SSSR count). The van der Waals surface area contributed by atoms with Crippen molar-refractivity contribution in [2.75, 3.05) is 11.5 Å². The van der Waals surface area contributed by atoms with Gasteiger partial charge in [0.1, 0.15) is 0 Å². The quantitative estimate of drug-likeness (QED) is 0.254. The molecule has 0 saturated carbocycles. The Labute approximate surface area is 89.2 Å². The molecule has 0 fully saturated rings. The van der Waals surface area contributed by atoms with E-state index in [0.29, 0.717) is 11.8 Å². The van der Waals surface area contributed by atoms with Crippen molar-refractivity contribution in [3.63, 3.8) is 0 Å². The SMILES string of the molecule is CCC(CCCCI)C(=N)NC. The topological polar surface area (TPSA) is 35.9 Å². The van der Waals surface area contributed by atoms with Gasteiger partial charge in [0.25, 0.3) is 0 Å². The normalized spacial score (nSPS) is 12.6. The Kier molecular flexibility index (Phi) is 7.96. The summed E-state index contributed by atoms with van der Waals surface area (Å²) in [5.41, 5.74) is 0. The maximum Gasteiger partial charge on any atom is 0.0960 e. The van der Waals surface area contributed by atoms with Crippen LogP contribution in [0.5, 0.6) is 0 Å². The van der Waals surface area contributed by atoms with E-state index in [-0.39, 0.29) is 0 Å². The minimum atomic E-state index is 0.456. The lowest BCUT2D eigenvalue weighted by Gasteiger charge is -2.14. The van der Waals surface area contributed by atoms with E-state index in [0.717, 1.165) is 6.42 Å². The van der Waals surface area contributed by atoms with Gasteiger partial charge >= 0.3 is 0 Å². The molecule has 0 aliphatic heterocycles. The fraction of sp³-hybridized carbons (Fsp3) is 0.889. The van der Waals surface area contributed by atoms with Gasteiger partial charge in [0.05, 0.1) is 5.84 Å². The van der Waals surface area contributed by atoms with Crippen LogP contribution in [0, 0.1) is 11.3 Å². The van der Waals surface area contributed by atoms with Gasteiger partial charge in [-0.15, -0.1) is 0 Å². The number of hydrogen-bond donors (Lipinski definition) is 2. The summed E-state index contributed by atoms with van der Waals surface area (Å²) >= 11 is 2.40. The smallest absolute Gasteiger partial charge is 0.0960 e. The molecule has 0 heterocycles. The third-order valence-electron chi connectivity index (χ3n) is 2.11. The van der Waals surface area contributed by atoms with Gasteiger partial charge in [-0.25, -0.2) is 0 Å². The predicted octanol–water partition coefficient (Wildman–Crippen LogP) is 2.81. The molecular weight excluding hydrogens is 263 g/mol. The van der Waals surface area contributed by atoms with Crippen LogP contribution in [-0.2, 0) is 0 Å². The number of halogens is 1. The first kappa shape index (κ1) is 12.2. The number of rotatable bonds is 6. The molecule has 0 bridgehead atoms. The van der Waals surface area contributed by atoms with Crippen molar-refractivity contribution in [2.24, 2.45) is 5.92 Å². The van der Waals surface area contributed by atoms with E-state index in [1.165, 1.54) is 23.7 Å². The first-order valence-corrected chi connectivity index (χ1v) is 6.11. The van der Waals surface area contributed by atoms with E-state index in [4.69, 9.17) is 5.41 Å². The maximum absolute atomic E-state index is 7.62. The van der Waals surface area contributed by atoms with Gasteiger partial charge in [-0.3, -0.25) is 5.41 Å². The van der Waals surface area contributed by atoms with E-state index >= 15 is 0 Å². The molecule has 0 amide bonds. The summed E-state index contributed by atoms with van der Waals surface area (Å²) in [6.07, 6.45) is 4.79. The second-order valence-electron chi connectivity index (χ2n) is 2.95. The van der Waals surface area contributed by atoms with Gasteiger partial charge in [-0.1, -0.05) is 35.9 Å². The molecule has 3 heteroatoms. The average Bonchev–Trinajstić information content (AvgIpc) is 2.11. The fourth-order valence-corrected chi connectivity index (χ4v) is 1.78. The van der Waals surface area contributed by atoms with E-state index in [9.17, 15) is 0 Å². The van der Waals surface area contributed by atoms with Crippen molar-refractivity contribution < 1.29 is 0 Å². The zero-order chi connectivity index (χ0) is 9.40. The Morgan fingerprint density at radius 1 is 1.50 bits per heavy atom. The van der Waals surface area contributed by atoms with Gasteiger partial charge < -0.3 is 5.32 Å². The van der Waals surface area contributed by atoms with Crippen LogP contribution in [0.1, 0.15) is 32.6 Å². The lowest BCUT2D eigenvalue weighted by atomic mass is 9.98. The van der Waals surface area contributed by atoms with Crippen molar-refractivity contribution in [1.82, 2.24) is 5.32 Å². The van der Waals surface area contributed by atoms with Gasteiger partial charge in [0, 0.05) is 13.0 Å². The molecule has 0 saturated heterocycles. The molecule has 0 aromatic rings. The van der Waals surface area contributed by atoms with Crippen molar-refractivity contribution in [2.45, 2.75) is 32.6 Å². The summed E-state index contributed by atoms with van der Waals surface area (Å²) in [6, 6.07) is 0. The predicted molar refractivity (Wildman–Crippen MR) is 63.3 cm³/mol. The first-order valence-electron chi connectivity index (χ1n) is 4.58. The molecule has 0 spiro atoms. The van der Waals surface area contributed by atoms with Crippen LogP contribution in [-0.4, -0.2) is 17.3 Å². The van der Waals surface area contributed by atoms with E-state index in [2.05, 4.69) is 34.8 Å². The van der Waals surface area contributed by atoms with Crippen molar-refractivity contribution >= 4 is 28.4 Å². The summed E-state index contributed by atoms with van der Waals surface area (Å²) in [4.78, 5) is 0. The third kappa shape index (κ3) is 4.95. The van der Waals surface area contributed by atoms with E-state index < -0.39 is 0 Å². The molecule has 0 aliphatic carbocycles. The molecule has 1 unspecified atom stereocenters. The largest absolute Gasteiger partial charge is 0.377 e. The Hall–Kier alpha value is 0.200.